The Bertz CT molecular complexity index is 1410. The van der Waals surface area contributed by atoms with Crippen LogP contribution in [0.3, 0.4) is 0 Å². The van der Waals surface area contributed by atoms with Crippen LogP contribution in [0.15, 0.2) is 42.6 Å². The number of alkyl halides is 2. The van der Waals surface area contributed by atoms with E-state index < -0.39 is 35.4 Å². The van der Waals surface area contributed by atoms with Crippen LogP contribution in [0, 0.1) is 5.92 Å². The number of methoxy groups -OCH3 is 1. The number of pyridine rings is 1. The SMILES string of the molecule is CCC(=O)N[C@@H](C(=O)N1CCN(C)CC1)[C@@H](CC)c1ccc(NC(=O)[C@@H](NC(=O)C(F)(F)c2ccc(OC)nc2)C2CCCCCC2)cc1. The van der Waals surface area contributed by atoms with Crippen molar-refractivity contribution in [3.63, 3.8) is 0 Å². The number of anilines is 1. The summed E-state index contributed by atoms with van der Waals surface area (Å²) in [5, 5.41) is 8.16. The molecule has 1 aliphatic heterocycles. The minimum Gasteiger partial charge on any atom is -0.481 e. The first-order chi connectivity index (χ1) is 23.5. The minimum atomic E-state index is -3.93. The first-order valence-electron chi connectivity index (χ1n) is 17.3. The van der Waals surface area contributed by atoms with E-state index in [4.69, 9.17) is 4.74 Å². The van der Waals surface area contributed by atoms with E-state index in [0.717, 1.165) is 56.6 Å². The number of aromatic nitrogens is 1. The maximum atomic E-state index is 15.3. The van der Waals surface area contributed by atoms with Gasteiger partial charge in [-0.25, -0.2) is 4.98 Å². The van der Waals surface area contributed by atoms with Crippen LogP contribution in [-0.2, 0) is 25.1 Å². The molecule has 4 amide bonds. The van der Waals surface area contributed by atoms with E-state index in [0.29, 0.717) is 38.0 Å². The highest BCUT2D eigenvalue weighted by molar-refractivity contribution is 5.98. The minimum absolute atomic E-state index is 0.122. The van der Waals surface area contributed by atoms with Gasteiger partial charge < -0.3 is 30.5 Å². The van der Waals surface area contributed by atoms with E-state index in [-0.39, 0.29) is 36.0 Å². The number of nitrogens with zero attached hydrogens (tertiary/aromatic N) is 3. The summed E-state index contributed by atoms with van der Waals surface area (Å²) in [7, 11) is 3.37. The molecule has 268 valence electrons. The highest BCUT2D eigenvalue weighted by atomic mass is 19.3. The topological polar surface area (TPSA) is 133 Å². The Hall–Kier alpha value is -4.13. The Morgan fingerprint density at radius 3 is 2.14 bits per heavy atom. The molecule has 2 fully saturated rings. The van der Waals surface area contributed by atoms with Gasteiger partial charge in [-0.3, -0.25) is 19.2 Å². The molecule has 1 saturated heterocycles. The third kappa shape index (κ3) is 9.74. The smallest absolute Gasteiger partial charge is 0.351 e. The summed E-state index contributed by atoms with van der Waals surface area (Å²) in [6, 6.07) is 7.39. The van der Waals surface area contributed by atoms with Gasteiger partial charge in [-0.1, -0.05) is 51.7 Å². The summed E-state index contributed by atoms with van der Waals surface area (Å²) < 4.78 is 35.6. The molecule has 1 aliphatic carbocycles. The Kier molecular flexibility index (Phi) is 13.5. The highest BCUT2D eigenvalue weighted by Gasteiger charge is 2.44. The number of amides is 4. The summed E-state index contributed by atoms with van der Waals surface area (Å²) in [6.07, 6.45) is 6.57. The zero-order valence-electron chi connectivity index (χ0n) is 29.0. The lowest BCUT2D eigenvalue weighted by Crippen LogP contribution is -2.56. The lowest BCUT2D eigenvalue weighted by Gasteiger charge is -2.37. The second-order valence-electron chi connectivity index (χ2n) is 13.0. The van der Waals surface area contributed by atoms with Gasteiger partial charge in [0, 0.05) is 62.0 Å². The van der Waals surface area contributed by atoms with Crippen LogP contribution in [0.5, 0.6) is 5.88 Å². The van der Waals surface area contributed by atoms with Crippen molar-refractivity contribution in [1.29, 1.82) is 0 Å². The van der Waals surface area contributed by atoms with Crippen molar-refractivity contribution in [2.45, 2.75) is 89.1 Å². The van der Waals surface area contributed by atoms with Crippen LogP contribution in [0.2, 0.25) is 0 Å². The average Bonchev–Trinajstić information content (AvgIpc) is 3.40. The number of nitrogens with one attached hydrogen (secondary N) is 3. The molecule has 4 rings (SSSR count). The van der Waals surface area contributed by atoms with Crippen LogP contribution in [0.25, 0.3) is 0 Å². The van der Waals surface area contributed by atoms with Gasteiger partial charge in [0.05, 0.1) is 7.11 Å². The molecule has 2 aromatic rings. The molecular formula is C36H50F2N6O5. The van der Waals surface area contributed by atoms with Crippen molar-refractivity contribution >= 4 is 29.3 Å². The van der Waals surface area contributed by atoms with Gasteiger partial charge >= 0.3 is 5.92 Å². The number of hydrogen-bond acceptors (Lipinski definition) is 7. The number of benzene rings is 1. The van der Waals surface area contributed by atoms with Gasteiger partial charge in [-0.2, -0.15) is 8.78 Å². The van der Waals surface area contributed by atoms with Crippen molar-refractivity contribution in [2.24, 2.45) is 5.92 Å². The number of likely N-dealkylation sites (N-methyl/N-ethyl adjacent to an activating group) is 1. The molecule has 3 atom stereocenters. The fourth-order valence-electron chi connectivity index (χ4n) is 6.62. The third-order valence-electron chi connectivity index (χ3n) is 9.70. The summed E-state index contributed by atoms with van der Waals surface area (Å²) >= 11 is 0. The molecule has 49 heavy (non-hydrogen) atoms. The zero-order valence-corrected chi connectivity index (χ0v) is 29.0. The Morgan fingerprint density at radius 2 is 1.59 bits per heavy atom. The number of rotatable bonds is 13. The van der Waals surface area contributed by atoms with Crippen molar-refractivity contribution in [3.8, 4) is 5.88 Å². The lowest BCUT2D eigenvalue weighted by molar-refractivity contribution is -0.149. The van der Waals surface area contributed by atoms with E-state index in [1.165, 1.54) is 13.2 Å². The number of hydrogen-bond donors (Lipinski definition) is 3. The van der Waals surface area contributed by atoms with Crippen molar-refractivity contribution in [3.05, 3.63) is 53.7 Å². The molecule has 1 saturated carbocycles. The molecule has 2 aliphatic rings. The van der Waals surface area contributed by atoms with E-state index in [9.17, 15) is 19.2 Å². The monoisotopic (exact) mass is 684 g/mol. The first kappa shape index (κ1) is 37.7. The lowest BCUT2D eigenvalue weighted by atomic mass is 9.87. The summed E-state index contributed by atoms with van der Waals surface area (Å²) in [5.74, 6) is -6.92. The molecule has 0 spiro atoms. The quantitative estimate of drug-likeness (QED) is 0.266. The van der Waals surface area contributed by atoms with Gasteiger partial charge in [0.15, 0.2) is 0 Å². The highest BCUT2D eigenvalue weighted by Crippen LogP contribution is 2.32. The van der Waals surface area contributed by atoms with Gasteiger partial charge in [0.2, 0.25) is 23.6 Å². The predicted octanol–water partition coefficient (Wildman–Crippen LogP) is 4.44. The van der Waals surface area contributed by atoms with E-state index in [2.05, 4.69) is 25.8 Å². The number of carbonyl (C=O) groups excluding carboxylic acids is 4. The van der Waals surface area contributed by atoms with Crippen LogP contribution in [0.1, 0.15) is 82.3 Å². The van der Waals surface area contributed by atoms with Crippen molar-refractivity contribution in [2.75, 3.05) is 45.7 Å². The van der Waals surface area contributed by atoms with Gasteiger partial charge in [-0.05, 0) is 56.0 Å². The Morgan fingerprint density at radius 1 is 0.939 bits per heavy atom. The second kappa shape index (κ2) is 17.5. The number of halogens is 2. The molecule has 0 unspecified atom stereocenters. The van der Waals surface area contributed by atoms with E-state index in [1.807, 2.05) is 14.0 Å². The van der Waals surface area contributed by atoms with E-state index >= 15 is 8.78 Å². The molecule has 0 radical (unpaired) electrons. The molecule has 2 heterocycles. The second-order valence-corrected chi connectivity index (χ2v) is 13.0. The van der Waals surface area contributed by atoms with Crippen molar-refractivity contribution < 1.29 is 32.7 Å². The van der Waals surface area contributed by atoms with Gasteiger partial charge in [0.1, 0.15) is 12.1 Å². The fourth-order valence-corrected chi connectivity index (χ4v) is 6.62. The van der Waals surface area contributed by atoms with Crippen molar-refractivity contribution in [1.82, 2.24) is 25.4 Å². The predicted molar refractivity (Wildman–Crippen MR) is 182 cm³/mol. The van der Waals surface area contributed by atoms with Crippen LogP contribution >= 0.6 is 0 Å². The molecule has 3 N–H and O–H groups in total. The maximum Gasteiger partial charge on any atom is 0.351 e. The Labute approximate surface area is 287 Å². The molecule has 11 nitrogen and oxygen atoms in total. The fraction of sp³-hybridized carbons (Fsp3) is 0.583. The summed E-state index contributed by atoms with van der Waals surface area (Å²) in [5.41, 5.74) is 0.624. The van der Waals surface area contributed by atoms with Crippen LogP contribution < -0.4 is 20.7 Å². The largest absolute Gasteiger partial charge is 0.481 e. The maximum absolute atomic E-state index is 15.3. The first-order valence-corrected chi connectivity index (χ1v) is 17.3. The summed E-state index contributed by atoms with van der Waals surface area (Å²) in [4.78, 5) is 60.8. The molecule has 1 aromatic heterocycles. The molecule has 1 aromatic carbocycles. The van der Waals surface area contributed by atoms with Crippen LogP contribution in [0.4, 0.5) is 14.5 Å². The molecule has 0 bridgehead atoms. The number of ether oxygens (including phenoxy) is 1. The third-order valence-corrected chi connectivity index (χ3v) is 9.70. The number of piperazine rings is 1. The zero-order chi connectivity index (χ0) is 35.6. The normalized spacial score (nSPS) is 18.0. The Balaban J connectivity index is 1.52. The standard InChI is InChI=1S/C36H50F2N6O5/c1-5-28(32(41-29(45)6-2)34(47)44-21-19-43(3)20-22-44)24-13-16-27(17-14-24)40-33(46)31(25-11-9-7-8-10-12-25)42-35(48)36(37,38)26-15-18-30(49-4)39-23-26/h13-18,23,25,28,31-32H,5-12,19-22H2,1-4H3,(H,40,46)(H,41,45)(H,42,48)/t28-,31-,32+/m0/s1. The number of carbonyl (C=O) groups is 4. The molecular weight excluding hydrogens is 634 g/mol. The van der Waals surface area contributed by atoms with Crippen LogP contribution in [-0.4, -0.2) is 90.8 Å². The van der Waals surface area contributed by atoms with Gasteiger partial charge in [0.25, 0.3) is 5.91 Å². The average molecular weight is 685 g/mol. The van der Waals surface area contributed by atoms with E-state index in [1.54, 1.807) is 36.1 Å². The van der Waals surface area contributed by atoms with Gasteiger partial charge in [-0.15, -0.1) is 0 Å². The molecule has 13 heteroatoms. The summed E-state index contributed by atoms with van der Waals surface area (Å²) in [6.45, 7) is 6.37.